The third kappa shape index (κ3) is 4.97. The molecule has 0 aliphatic carbocycles. The number of ketones is 1. The number of fused-ring (bicyclic) bond motifs is 1. The van der Waals surface area contributed by atoms with Gasteiger partial charge >= 0.3 is 0 Å². The second kappa shape index (κ2) is 8.68. The van der Waals surface area contributed by atoms with Gasteiger partial charge in [-0.2, -0.15) is 0 Å². The summed E-state index contributed by atoms with van der Waals surface area (Å²) in [7, 11) is 0. The number of halogens is 2. The highest BCUT2D eigenvalue weighted by atomic mass is 79.9. The van der Waals surface area contributed by atoms with E-state index < -0.39 is 0 Å². The Kier molecular flexibility index (Phi) is 5.84. The molecule has 0 saturated heterocycles. The molecule has 0 unspecified atom stereocenters. The van der Waals surface area contributed by atoms with E-state index in [-0.39, 0.29) is 5.78 Å². The molecule has 0 radical (unpaired) electrons. The maximum Gasteiger partial charge on any atom is 0.185 e. The molecule has 0 N–H and O–H groups in total. The lowest BCUT2D eigenvalue weighted by atomic mass is 10.1. The zero-order valence-electron chi connectivity index (χ0n) is 15.3. The van der Waals surface area contributed by atoms with Crippen LogP contribution in [0.25, 0.3) is 16.8 Å². The number of allylic oxidation sites excluding steroid dienone is 1. The molecule has 5 heteroatoms. The number of benzene rings is 3. The lowest BCUT2D eigenvalue weighted by molar-refractivity contribution is 0.104. The van der Waals surface area contributed by atoms with Gasteiger partial charge in [0.25, 0.3) is 0 Å². The van der Waals surface area contributed by atoms with Crippen LogP contribution >= 0.6 is 27.5 Å². The molecule has 0 aliphatic rings. The van der Waals surface area contributed by atoms with Crippen LogP contribution in [0.2, 0.25) is 5.02 Å². The molecule has 1 heterocycles. The number of ether oxygens (including phenoxy) is 1. The summed E-state index contributed by atoms with van der Waals surface area (Å²) in [6.45, 7) is 0.307. The van der Waals surface area contributed by atoms with Crippen LogP contribution in [0.3, 0.4) is 0 Å². The van der Waals surface area contributed by atoms with Crippen molar-refractivity contribution >= 4 is 50.2 Å². The van der Waals surface area contributed by atoms with Crippen molar-refractivity contribution in [2.75, 3.05) is 0 Å². The Balaban J connectivity index is 1.38. The molecule has 0 atom stereocenters. The third-order valence-corrected chi connectivity index (χ3v) is 5.11. The summed E-state index contributed by atoms with van der Waals surface area (Å²) in [6.07, 6.45) is 3.13. The van der Waals surface area contributed by atoms with Crippen molar-refractivity contribution in [1.29, 1.82) is 0 Å². The highest BCUT2D eigenvalue weighted by Crippen LogP contribution is 2.25. The summed E-state index contributed by atoms with van der Waals surface area (Å²) in [5.74, 6) is 1.93. The van der Waals surface area contributed by atoms with E-state index in [1.807, 2.05) is 42.5 Å². The van der Waals surface area contributed by atoms with Gasteiger partial charge in [0.2, 0.25) is 0 Å². The van der Waals surface area contributed by atoms with Gasteiger partial charge in [-0.3, -0.25) is 4.79 Å². The van der Waals surface area contributed by atoms with Crippen LogP contribution in [0.4, 0.5) is 0 Å². The van der Waals surface area contributed by atoms with E-state index in [9.17, 15) is 4.79 Å². The molecule has 3 aromatic carbocycles. The zero-order chi connectivity index (χ0) is 20.2. The molecule has 0 saturated carbocycles. The fraction of sp³-hybridized carbons (Fsp3) is 0.0417. The molecule has 0 fully saturated rings. The number of hydrogen-bond donors (Lipinski definition) is 0. The summed E-state index contributed by atoms with van der Waals surface area (Å²) in [5, 5.41) is 2.84. The van der Waals surface area contributed by atoms with Gasteiger partial charge < -0.3 is 9.15 Å². The van der Waals surface area contributed by atoms with E-state index in [0.717, 1.165) is 21.0 Å². The topological polar surface area (TPSA) is 39.4 Å². The largest absolute Gasteiger partial charge is 0.486 e. The lowest BCUT2D eigenvalue weighted by Gasteiger charge is -2.06. The molecule has 29 heavy (non-hydrogen) atoms. The van der Waals surface area contributed by atoms with Crippen molar-refractivity contribution in [2.24, 2.45) is 0 Å². The molecule has 0 amide bonds. The maximum atomic E-state index is 12.2. The highest BCUT2D eigenvalue weighted by Gasteiger charge is 2.05. The molecule has 4 aromatic rings. The normalized spacial score (nSPS) is 11.2. The van der Waals surface area contributed by atoms with E-state index >= 15 is 0 Å². The predicted octanol–water partition coefficient (Wildman–Crippen LogP) is 7.32. The van der Waals surface area contributed by atoms with Crippen LogP contribution in [-0.2, 0) is 6.61 Å². The van der Waals surface area contributed by atoms with Crippen molar-refractivity contribution < 1.29 is 13.9 Å². The first kappa shape index (κ1) is 19.5. The van der Waals surface area contributed by atoms with Crippen molar-refractivity contribution in [1.82, 2.24) is 0 Å². The standard InChI is InChI=1S/C24H16BrClO3/c25-19-5-1-18-14-22(8-4-17(18)13-19)28-15-23-10-9-21(29-23)11-12-24(27)16-2-6-20(26)7-3-16/h1-14H,15H2/b12-11+. The van der Waals surface area contributed by atoms with Gasteiger partial charge in [-0.15, -0.1) is 0 Å². The van der Waals surface area contributed by atoms with Crippen molar-refractivity contribution in [3.63, 3.8) is 0 Å². The van der Waals surface area contributed by atoms with Gasteiger partial charge in [0.15, 0.2) is 5.78 Å². The van der Waals surface area contributed by atoms with Gasteiger partial charge in [0.05, 0.1) is 0 Å². The Morgan fingerprint density at radius 2 is 1.72 bits per heavy atom. The lowest BCUT2D eigenvalue weighted by Crippen LogP contribution is -1.93. The SMILES string of the molecule is O=C(/C=C/c1ccc(COc2ccc3cc(Br)ccc3c2)o1)c1ccc(Cl)cc1. The minimum absolute atomic E-state index is 0.112. The van der Waals surface area contributed by atoms with Crippen LogP contribution in [0.1, 0.15) is 21.9 Å². The summed E-state index contributed by atoms with van der Waals surface area (Å²) < 4.78 is 12.6. The second-order valence-corrected chi connectivity index (χ2v) is 7.80. The quantitative estimate of drug-likeness (QED) is 0.220. The summed E-state index contributed by atoms with van der Waals surface area (Å²) in [5.41, 5.74) is 0.573. The first-order valence-corrected chi connectivity index (χ1v) is 10.1. The number of carbonyl (C=O) groups is 1. The van der Waals surface area contributed by atoms with Crippen LogP contribution in [0, 0.1) is 0 Å². The average molecular weight is 468 g/mol. The van der Waals surface area contributed by atoms with Gasteiger partial charge in [-0.05, 0) is 83.6 Å². The minimum atomic E-state index is -0.112. The van der Waals surface area contributed by atoms with Crippen LogP contribution in [-0.4, -0.2) is 5.78 Å². The molecule has 0 aliphatic heterocycles. The second-order valence-electron chi connectivity index (χ2n) is 6.45. The third-order valence-electron chi connectivity index (χ3n) is 4.36. The number of carbonyl (C=O) groups excluding carboxylic acids is 1. The summed E-state index contributed by atoms with van der Waals surface area (Å²) in [4.78, 5) is 12.2. The smallest absolute Gasteiger partial charge is 0.185 e. The van der Waals surface area contributed by atoms with Gasteiger partial charge in [0, 0.05) is 15.1 Å². The Morgan fingerprint density at radius 1 is 0.966 bits per heavy atom. The monoisotopic (exact) mass is 466 g/mol. The van der Waals surface area contributed by atoms with Crippen molar-refractivity contribution in [2.45, 2.75) is 6.61 Å². The molecule has 3 nitrogen and oxygen atoms in total. The number of hydrogen-bond acceptors (Lipinski definition) is 3. The van der Waals surface area contributed by atoms with Crippen LogP contribution < -0.4 is 4.74 Å². The zero-order valence-corrected chi connectivity index (χ0v) is 17.6. The molecule has 4 rings (SSSR count). The Morgan fingerprint density at radius 3 is 2.55 bits per heavy atom. The number of furan rings is 1. The van der Waals surface area contributed by atoms with Gasteiger partial charge in [-0.1, -0.05) is 39.7 Å². The van der Waals surface area contributed by atoms with Gasteiger partial charge in [0.1, 0.15) is 23.9 Å². The Labute approximate surface area is 181 Å². The summed E-state index contributed by atoms with van der Waals surface area (Å²) >= 11 is 9.32. The molecular formula is C24H16BrClO3. The predicted molar refractivity (Wildman–Crippen MR) is 120 cm³/mol. The summed E-state index contributed by atoms with van der Waals surface area (Å²) in [6, 6.07) is 22.5. The average Bonchev–Trinajstić information content (AvgIpc) is 3.19. The number of rotatable bonds is 6. The maximum absolute atomic E-state index is 12.2. The molecular weight excluding hydrogens is 452 g/mol. The molecule has 0 bridgehead atoms. The fourth-order valence-electron chi connectivity index (χ4n) is 2.87. The highest BCUT2D eigenvalue weighted by molar-refractivity contribution is 9.10. The Hall–Kier alpha value is -2.82. The van der Waals surface area contributed by atoms with Crippen LogP contribution in [0.5, 0.6) is 5.75 Å². The minimum Gasteiger partial charge on any atom is -0.486 e. The van der Waals surface area contributed by atoms with E-state index in [2.05, 4.69) is 22.0 Å². The fourth-order valence-corrected chi connectivity index (χ4v) is 3.37. The van der Waals surface area contributed by atoms with E-state index in [1.54, 1.807) is 30.3 Å². The van der Waals surface area contributed by atoms with Crippen molar-refractivity contribution in [3.8, 4) is 5.75 Å². The van der Waals surface area contributed by atoms with E-state index in [4.69, 9.17) is 20.8 Å². The molecule has 1 aromatic heterocycles. The van der Waals surface area contributed by atoms with E-state index in [1.165, 1.54) is 6.08 Å². The van der Waals surface area contributed by atoms with Crippen molar-refractivity contribution in [3.05, 3.63) is 105 Å². The van der Waals surface area contributed by atoms with Gasteiger partial charge in [-0.25, -0.2) is 0 Å². The first-order chi connectivity index (χ1) is 14.1. The van der Waals surface area contributed by atoms with E-state index in [0.29, 0.717) is 28.7 Å². The molecule has 0 spiro atoms. The first-order valence-electron chi connectivity index (χ1n) is 8.96. The van der Waals surface area contributed by atoms with Crippen LogP contribution in [0.15, 0.2) is 87.8 Å². The Bertz CT molecular complexity index is 1190. The molecule has 144 valence electrons.